The van der Waals surface area contributed by atoms with Crippen LogP contribution in [0.1, 0.15) is 46.0 Å². The summed E-state index contributed by atoms with van der Waals surface area (Å²) >= 11 is 0. The molecule has 1 rings (SSSR count). The summed E-state index contributed by atoms with van der Waals surface area (Å²) in [6.07, 6.45) is 13.9. The molecule has 2 atom stereocenters. The standard InChI is InChI=1S/C11H24P2/c1-3-5-8-12-10-7-11-13(12)9-6-4-2/h3-11H2,1-2H3. The summed E-state index contributed by atoms with van der Waals surface area (Å²) in [5.41, 5.74) is 0. The molecule has 0 aromatic heterocycles. The van der Waals surface area contributed by atoms with Gasteiger partial charge in [0.15, 0.2) is 0 Å². The summed E-state index contributed by atoms with van der Waals surface area (Å²) in [5.74, 6) is 0. The molecule has 0 saturated carbocycles. The van der Waals surface area contributed by atoms with Crippen LogP contribution in [0.3, 0.4) is 0 Å². The molecule has 1 heterocycles. The van der Waals surface area contributed by atoms with E-state index in [1.165, 1.54) is 25.7 Å². The molecule has 2 heteroatoms. The Kier molecular flexibility index (Phi) is 6.60. The zero-order valence-electron chi connectivity index (χ0n) is 9.26. The van der Waals surface area contributed by atoms with Gasteiger partial charge in [-0.25, -0.2) is 0 Å². The third kappa shape index (κ3) is 4.26. The van der Waals surface area contributed by atoms with Gasteiger partial charge in [-0.15, -0.1) is 0 Å². The van der Waals surface area contributed by atoms with Gasteiger partial charge in [-0.1, -0.05) is 41.9 Å². The van der Waals surface area contributed by atoms with E-state index in [4.69, 9.17) is 0 Å². The summed E-state index contributed by atoms with van der Waals surface area (Å²) in [7, 11) is 1.08. The third-order valence-electron chi connectivity index (χ3n) is 2.77. The van der Waals surface area contributed by atoms with Crippen molar-refractivity contribution in [1.29, 1.82) is 0 Å². The van der Waals surface area contributed by atoms with Crippen LogP contribution < -0.4 is 0 Å². The number of unbranched alkanes of at least 4 members (excludes halogenated alkanes) is 2. The number of hydrogen-bond acceptors (Lipinski definition) is 0. The Morgan fingerprint density at radius 2 is 1.31 bits per heavy atom. The lowest BCUT2D eigenvalue weighted by atomic mass is 10.4. The summed E-state index contributed by atoms with van der Waals surface area (Å²) in [6, 6.07) is 0. The zero-order valence-corrected chi connectivity index (χ0v) is 11.0. The van der Waals surface area contributed by atoms with E-state index in [9.17, 15) is 0 Å². The van der Waals surface area contributed by atoms with Crippen molar-refractivity contribution in [2.24, 2.45) is 0 Å². The highest BCUT2D eigenvalue weighted by Gasteiger charge is 2.24. The topological polar surface area (TPSA) is 0 Å². The minimum Gasteiger partial charge on any atom is -0.0810 e. The molecule has 0 nitrogen and oxygen atoms in total. The van der Waals surface area contributed by atoms with Crippen molar-refractivity contribution in [1.82, 2.24) is 0 Å². The molecule has 1 aliphatic heterocycles. The summed E-state index contributed by atoms with van der Waals surface area (Å²) < 4.78 is 0. The van der Waals surface area contributed by atoms with E-state index in [0.717, 1.165) is 0 Å². The lowest BCUT2D eigenvalue weighted by molar-refractivity contribution is 0.889. The highest BCUT2D eigenvalue weighted by molar-refractivity contribution is 8.30. The Hall–Kier alpha value is 0.860. The summed E-state index contributed by atoms with van der Waals surface area (Å²) in [4.78, 5) is 0. The van der Waals surface area contributed by atoms with Crippen molar-refractivity contribution in [2.75, 3.05) is 24.6 Å². The molecule has 1 saturated heterocycles. The highest BCUT2D eigenvalue weighted by Crippen LogP contribution is 2.73. The van der Waals surface area contributed by atoms with Crippen LogP contribution >= 0.6 is 15.2 Å². The van der Waals surface area contributed by atoms with Crippen molar-refractivity contribution in [3.05, 3.63) is 0 Å². The second-order valence-corrected chi connectivity index (χ2v) is 11.2. The molecule has 0 spiro atoms. The van der Waals surface area contributed by atoms with Gasteiger partial charge in [0, 0.05) is 0 Å². The predicted molar refractivity (Wildman–Crippen MR) is 67.7 cm³/mol. The maximum atomic E-state index is 2.33. The average molecular weight is 218 g/mol. The Morgan fingerprint density at radius 3 is 1.69 bits per heavy atom. The first-order chi connectivity index (χ1) is 6.38. The van der Waals surface area contributed by atoms with Gasteiger partial charge >= 0.3 is 0 Å². The van der Waals surface area contributed by atoms with Crippen LogP contribution in [0.15, 0.2) is 0 Å². The smallest absolute Gasteiger partial charge is 0.0284 e. The molecule has 0 aromatic carbocycles. The zero-order chi connectivity index (χ0) is 9.52. The largest absolute Gasteiger partial charge is 0.0810 e. The van der Waals surface area contributed by atoms with Gasteiger partial charge < -0.3 is 0 Å². The summed E-state index contributed by atoms with van der Waals surface area (Å²) in [5, 5.41) is 0. The van der Waals surface area contributed by atoms with E-state index in [-0.39, 0.29) is 0 Å². The van der Waals surface area contributed by atoms with Crippen LogP contribution in [0, 0.1) is 0 Å². The number of hydrogen-bond donors (Lipinski definition) is 0. The Balaban J connectivity index is 2.18. The van der Waals surface area contributed by atoms with E-state index in [1.807, 2.05) is 0 Å². The highest BCUT2D eigenvalue weighted by atomic mass is 32.1. The van der Waals surface area contributed by atoms with Gasteiger partial charge in [0.1, 0.15) is 0 Å². The van der Waals surface area contributed by atoms with Gasteiger partial charge in [-0.3, -0.25) is 0 Å². The maximum Gasteiger partial charge on any atom is -0.0284 e. The van der Waals surface area contributed by atoms with Crippen LogP contribution in [0.2, 0.25) is 0 Å². The number of rotatable bonds is 6. The van der Waals surface area contributed by atoms with Crippen molar-refractivity contribution in [3.63, 3.8) is 0 Å². The third-order valence-corrected chi connectivity index (χ3v) is 11.7. The fraction of sp³-hybridized carbons (Fsp3) is 1.00. The molecule has 2 unspecified atom stereocenters. The van der Waals surface area contributed by atoms with Gasteiger partial charge in [0.25, 0.3) is 0 Å². The molecule has 0 bridgehead atoms. The molecule has 1 fully saturated rings. The maximum absolute atomic E-state index is 2.33. The molecule has 1 aliphatic rings. The molecular formula is C11H24P2. The monoisotopic (exact) mass is 218 g/mol. The first-order valence-corrected chi connectivity index (χ1v) is 10.0. The molecule has 0 aliphatic carbocycles. The lowest BCUT2D eigenvalue weighted by Gasteiger charge is -2.20. The van der Waals surface area contributed by atoms with E-state index in [0.29, 0.717) is 15.2 Å². The van der Waals surface area contributed by atoms with Gasteiger partial charge in [0.2, 0.25) is 0 Å². The van der Waals surface area contributed by atoms with Crippen molar-refractivity contribution in [2.45, 2.75) is 46.0 Å². The van der Waals surface area contributed by atoms with Gasteiger partial charge in [-0.05, 0) is 43.9 Å². The lowest BCUT2D eigenvalue weighted by Crippen LogP contribution is -1.85. The second kappa shape index (κ2) is 7.19. The van der Waals surface area contributed by atoms with Crippen LogP contribution in [-0.2, 0) is 0 Å². The van der Waals surface area contributed by atoms with E-state index in [2.05, 4.69) is 13.8 Å². The fourth-order valence-corrected chi connectivity index (χ4v) is 11.2. The molecule has 13 heavy (non-hydrogen) atoms. The SMILES string of the molecule is CCCCP1CCCP1CCCC. The first-order valence-electron chi connectivity index (χ1n) is 5.88. The molecule has 0 aromatic rings. The summed E-state index contributed by atoms with van der Waals surface area (Å²) in [6.45, 7) is 4.67. The molecule has 0 amide bonds. The van der Waals surface area contributed by atoms with Crippen molar-refractivity contribution >= 4 is 15.2 Å². The molecule has 0 N–H and O–H groups in total. The molecule has 0 radical (unpaired) electrons. The minimum atomic E-state index is 0.539. The Bertz CT molecular complexity index is 111. The fourth-order valence-electron chi connectivity index (χ4n) is 1.91. The van der Waals surface area contributed by atoms with Crippen LogP contribution in [0.25, 0.3) is 0 Å². The minimum absolute atomic E-state index is 0.539. The molecule has 78 valence electrons. The molecular weight excluding hydrogens is 194 g/mol. The first kappa shape index (κ1) is 11.9. The van der Waals surface area contributed by atoms with Gasteiger partial charge in [-0.2, -0.15) is 0 Å². The van der Waals surface area contributed by atoms with Crippen LogP contribution in [0.5, 0.6) is 0 Å². The van der Waals surface area contributed by atoms with Crippen LogP contribution in [0.4, 0.5) is 0 Å². The van der Waals surface area contributed by atoms with E-state index in [1.54, 1.807) is 31.1 Å². The quantitative estimate of drug-likeness (QED) is 0.558. The Labute approximate surface area is 86.3 Å². The van der Waals surface area contributed by atoms with E-state index >= 15 is 0 Å². The average Bonchev–Trinajstić information content (AvgIpc) is 2.59. The van der Waals surface area contributed by atoms with Crippen LogP contribution in [-0.4, -0.2) is 24.6 Å². The second-order valence-electron chi connectivity index (χ2n) is 3.97. The van der Waals surface area contributed by atoms with E-state index < -0.39 is 0 Å². The van der Waals surface area contributed by atoms with Crippen molar-refractivity contribution in [3.8, 4) is 0 Å². The van der Waals surface area contributed by atoms with Crippen molar-refractivity contribution < 1.29 is 0 Å². The predicted octanol–water partition coefficient (Wildman–Crippen LogP) is 4.87. The normalized spacial score (nSPS) is 28.2. The van der Waals surface area contributed by atoms with Gasteiger partial charge in [0.05, 0.1) is 0 Å². The Morgan fingerprint density at radius 1 is 0.846 bits per heavy atom.